The number of hydrogen-bond acceptors (Lipinski definition) is 5. The molecule has 2 rings (SSSR count). The zero-order valence-corrected chi connectivity index (χ0v) is 22.3. The van der Waals surface area contributed by atoms with E-state index in [1.165, 1.54) is 0 Å². The number of rotatable bonds is 11. The first-order chi connectivity index (χ1) is 16.4. The summed E-state index contributed by atoms with van der Waals surface area (Å²) in [6.45, 7) is 12.6. The van der Waals surface area contributed by atoms with Crippen molar-refractivity contribution in [1.82, 2.24) is 15.5 Å². The predicted octanol–water partition coefficient (Wildman–Crippen LogP) is 3.72. The van der Waals surface area contributed by atoms with Gasteiger partial charge in [-0.25, -0.2) is 4.79 Å². The van der Waals surface area contributed by atoms with Gasteiger partial charge in [0.2, 0.25) is 11.8 Å². The van der Waals surface area contributed by atoms with Gasteiger partial charge in [-0.3, -0.25) is 9.59 Å². The molecule has 35 heavy (non-hydrogen) atoms. The van der Waals surface area contributed by atoms with Crippen LogP contribution in [0.5, 0.6) is 0 Å². The van der Waals surface area contributed by atoms with Crippen molar-refractivity contribution in [3.8, 4) is 0 Å². The fourth-order valence-corrected chi connectivity index (χ4v) is 4.19. The van der Waals surface area contributed by atoms with Crippen LogP contribution in [0.15, 0.2) is 24.3 Å². The highest BCUT2D eigenvalue weighted by atomic mass is 16.6. The van der Waals surface area contributed by atoms with Crippen LogP contribution in [-0.4, -0.2) is 58.2 Å². The normalized spacial score (nSPS) is 19.8. The highest BCUT2D eigenvalue weighted by Crippen LogP contribution is 2.40. The molecule has 196 valence electrons. The highest BCUT2D eigenvalue weighted by molar-refractivity contribution is 5.92. The van der Waals surface area contributed by atoms with Gasteiger partial charge >= 0.3 is 6.09 Å². The Labute approximate surface area is 209 Å². The van der Waals surface area contributed by atoms with E-state index in [9.17, 15) is 19.5 Å². The van der Waals surface area contributed by atoms with Crippen LogP contribution in [0, 0.1) is 5.92 Å². The lowest BCUT2D eigenvalue weighted by atomic mass is 9.99. The van der Waals surface area contributed by atoms with Crippen molar-refractivity contribution in [2.45, 2.75) is 104 Å². The van der Waals surface area contributed by atoms with Crippen LogP contribution >= 0.6 is 0 Å². The van der Waals surface area contributed by atoms with Gasteiger partial charge in [0.1, 0.15) is 17.7 Å². The molecule has 1 aliphatic carbocycles. The molecule has 0 aliphatic heterocycles. The number of alkyl carbamates (subject to hydrolysis) is 1. The number of carbonyl (C=O) groups is 3. The van der Waals surface area contributed by atoms with Crippen LogP contribution in [0.1, 0.15) is 84.9 Å². The number of ether oxygens (including phenoxy) is 1. The van der Waals surface area contributed by atoms with Gasteiger partial charge in [0.15, 0.2) is 0 Å². The fourth-order valence-electron chi connectivity index (χ4n) is 4.19. The van der Waals surface area contributed by atoms with Gasteiger partial charge < -0.3 is 25.4 Å². The number of nitrogens with zero attached hydrogens (tertiary/aromatic N) is 1. The lowest BCUT2D eigenvalue weighted by molar-refractivity contribution is -0.144. The van der Waals surface area contributed by atoms with E-state index in [0.29, 0.717) is 5.56 Å². The van der Waals surface area contributed by atoms with Gasteiger partial charge in [0.05, 0.1) is 6.61 Å². The second-order valence-electron chi connectivity index (χ2n) is 10.6. The second kappa shape index (κ2) is 12.4. The van der Waals surface area contributed by atoms with E-state index in [1.54, 1.807) is 25.7 Å². The molecule has 1 saturated carbocycles. The Balaban J connectivity index is 2.42. The van der Waals surface area contributed by atoms with Crippen LogP contribution in [0.4, 0.5) is 4.79 Å². The standard InChI is InChI=1S/C27H43N3O5/c1-8-10-18(4)28-24(32)23(20-13-11-19(9-2)12-14-20)30(22-15-17(22)3)25(33)21(16-31)29-26(34)35-27(5,6)7/h11-14,17-18,21-23,31H,8-10,15-16H2,1-7H3,(H,28,32)(H,29,34). The summed E-state index contributed by atoms with van der Waals surface area (Å²) >= 11 is 0. The Morgan fingerprint density at radius 3 is 2.20 bits per heavy atom. The third kappa shape index (κ3) is 8.23. The zero-order chi connectivity index (χ0) is 26.3. The average Bonchev–Trinajstić information content (AvgIpc) is 3.49. The van der Waals surface area contributed by atoms with Crippen LogP contribution in [0.3, 0.4) is 0 Å². The molecule has 5 unspecified atom stereocenters. The minimum Gasteiger partial charge on any atom is -0.444 e. The van der Waals surface area contributed by atoms with E-state index in [0.717, 1.165) is 31.2 Å². The third-order valence-corrected chi connectivity index (χ3v) is 6.19. The molecule has 1 aliphatic rings. The number of aliphatic hydroxyl groups is 1. The maximum absolute atomic E-state index is 13.8. The SMILES string of the molecule is CCCC(C)NC(=O)C(c1ccc(CC)cc1)N(C(=O)C(CO)NC(=O)OC(C)(C)C)C1CC1C. The number of aliphatic hydroxyl groups excluding tert-OH is 1. The maximum atomic E-state index is 13.8. The van der Waals surface area contributed by atoms with Gasteiger partial charge in [0.25, 0.3) is 0 Å². The minimum absolute atomic E-state index is 0.0491. The summed E-state index contributed by atoms with van der Waals surface area (Å²) < 4.78 is 5.28. The topological polar surface area (TPSA) is 108 Å². The number of benzene rings is 1. The number of amides is 3. The molecule has 0 saturated heterocycles. The molecule has 1 aromatic rings. The number of nitrogens with one attached hydrogen (secondary N) is 2. The van der Waals surface area contributed by atoms with Crippen molar-refractivity contribution in [2.75, 3.05) is 6.61 Å². The van der Waals surface area contributed by atoms with Crippen LogP contribution in [-0.2, 0) is 20.7 Å². The van der Waals surface area contributed by atoms with E-state index in [2.05, 4.69) is 24.5 Å². The average molecular weight is 490 g/mol. The summed E-state index contributed by atoms with van der Waals surface area (Å²) in [7, 11) is 0. The van der Waals surface area contributed by atoms with Crippen molar-refractivity contribution >= 4 is 17.9 Å². The zero-order valence-electron chi connectivity index (χ0n) is 22.3. The lowest BCUT2D eigenvalue weighted by Gasteiger charge is -2.35. The molecule has 1 aromatic carbocycles. The summed E-state index contributed by atoms with van der Waals surface area (Å²) in [5.74, 6) is -0.565. The van der Waals surface area contributed by atoms with Crippen molar-refractivity contribution < 1.29 is 24.2 Å². The molecule has 5 atom stereocenters. The van der Waals surface area contributed by atoms with Crippen LogP contribution in [0.2, 0.25) is 0 Å². The number of hydrogen-bond donors (Lipinski definition) is 3. The van der Waals surface area contributed by atoms with Crippen LogP contribution in [0.25, 0.3) is 0 Å². The van der Waals surface area contributed by atoms with E-state index in [1.807, 2.05) is 38.1 Å². The van der Waals surface area contributed by atoms with Gasteiger partial charge in [-0.2, -0.15) is 0 Å². The van der Waals surface area contributed by atoms with Crippen molar-refractivity contribution in [1.29, 1.82) is 0 Å². The molecule has 0 radical (unpaired) electrons. The molecule has 1 fully saturated rings. The van der Waals surface area contributed by atoms with Crippen molar-refractivity contribution in [2.24, 2.45) is 5.92 Å². The quantitative estimate of drug-likeness (QED) is 0.439. The van der Waals surface area contributed by atoms with Gasteiger partial charge in [-0.15, -0.1) is 0 Å². The third-order valence-electron chi connectivity index (χ3n) is 6.19. The van der Waals surface area contributed by atoms with Gasteiger partial charge in [0, 0.05) is 12.1 Å². The molecular formula is C27H43N3O5. The lowest BCUT2D eigenvalue weighted by Crippen LogP contribution is -2.55. The van der Waals surface area contributed by atoms with Gasteiger partial charge in [-0.05, 0) is 64.0 Å². The van der Waals surface area contributed by atoms with E-state index < -0.39 is 36.3 Å². The Hall–Kier alpha value is -2.61. The minimum atomic E-state index is -1.23. The Morgan fingerprint density at radius 1 is 1.14 bits per heavy atom. The molecule has 8 heteroatoms. The molecule has 3 amide bonds. The fraction of sp³-hybridized carbons (Fsp3) is 0.667. The summed E-state index contributed by atoms with van der Waals surface area (Å²) in [5, 5.41) is 15.6. The molecule has 0 aromatic heterocycles. The van der Waals surface area contributed by atoms with E-state index in [-0.39, 0.29) is 23.9 Å². The molecular weight excluding hydrogens is 446 g/mol. The van der Waals surface area contributed by atoms with Crippen LogP contribution < -0.4 is 10.6 Å². The summed E-state index contributed by atoms with van der Waals surface area (Å²) in [6.07, 6.45) is 2.56. The van der Waals surface area contributed by atoms with Crippen molar-refractivity contribution in [3.63, 3.8) is 0 Å². The Bertz CT molecular complexity index is 865. The summed E-state index contributed by atoms with van der Waals surface area (Å²) in [4.78, 5) is 41.3. The number of carbonyl (C=O) groups excluding carboxylic acids is 3. The maximum Gasteiger partial charge on any atom is 0.408 e. The monoisotopic (exact) mass is 489 g/mol. The van der Waals surface area contributed by atoms with Crippen molar-refractivity contribution in [3.05, 3.63) is 35.4 Å². The van der Waals surface area contributed by atoms with Gasteiger partial charge in [-0.1, -0.05) is 51.5 Å². The highest BCUT2D eigenvalue weighted by Gasteiger charge is 2.48. The molecule has 0 heterocycles. The Morgan fingerprint density at radius 2 is 1.74 bits per heavy atom. The Kier molecular flexibility index (Phi) is 10.1. The van der Waals surface area contributed by atoms with E-state index in [4.69, 9.17) is 4.74 Å². The summed E-state index contributed by atoms with van der Waals surface area (Å²) in [6, 6.07) is 5.38. The second-order valence-corrected chi connectivity index (χ2v) is 10.6. The predicted molar refractivity (Wildman–Crippen MR) is 136 cm³/mol. The largest absolute Gasteiger partial charge is 0.444 e. The van der Waals surface area contributed by atoms with E-state index >= 15 is 0 Å². The summed E-state index contributed by atoms with van der Waals surface area (Å²) in [5.41, 5.74) is 1.08. The molecule has 0 bridgehead atoms. The first-order valence-corrected chi connectivity index (χ1v) is 12.7. The molecule has 8 nitrogen and oxygen atoms in total. The smallest absolute Gasteiger partial charge is 0.408 e. The molecule has 0 spiro atoms. The first-order valence-electron chi connectivity index (χ1n) is 12.7. The number of aryl methyl sites for hydroxylation is 1. The molecule has 3 N–H and O–H groups in total. The first kappa shape index (κ1) is 28.6.